The molecule has 1 rings (SSSR count). The summed E-state index contributed by atoms with van der Waals surface area (Å²) in [6, 6.07) is 5.49. The molecule has 0 saturated carbocycles. The summed E-state index contributed by atoms with van der Waals surface area (Å²) in [7, 11) is 0. The van der Waals surface area contributed by atoms with Crippen LogP contribution in [-0.2, 0) is 16.0 Å². The number of carbonyl (C=O) groups excluding carboxylic acids is 1. The van der Waals surface area contributed by atoms with Crippen LogP contribution in [0.4, 0.5) is 0 Å². The van der Waals surface area contributed by atoms with Gasteiger partial charge in [-0.25, -0.2) is 0 Å². The van der Waals surface area contributed by atoms with Crippen LogP contribution in [0.15, 0.2) is 24.3 Å². The first kappa shape index (κ1) is 15.5. The number of thiol groups is 1. The average Bonchev–Trinajstić information content (AvgIpc) is 2.36. The van der Waals surface area contributed by atoms with Crippen molar-refractivity contribution < 1.29 is 19.8 Å². The Labute approximate surface area is 117 Å². The van der Waals surface area contributed by atoms with Crippen molar-refractivity contribution in [1.82, 2.24) is 5.32 Å². The summed E-state index contributed by atoms with van der Waals surface area (Å²) < 4.78 is 0. The van der Waals surface area contributed by atoms with Gasteiger partial charge >= 0.3 is 5.97 Å². The fourth-order valence-corrected chi connectivity index (χ4v) is 1.81. The number of carboxylic acids is 1. The number of benzene rings is 1. The van der Waals surface area contributed by atoms with Gasteiger partial charge in [0.2, 0.25) is 0 Å². The van der Waals surface area contributed by atoms with Crippen molar-refractivity contribution in [1.29, 1.82) is 0 Å². The Morgan fingerprint density at radius 1 is 1.26 bits per heavy atom. The highest BCUT2D eigenvalue weighted by molar-refractivity contribution is 7.80. The Morgan fingerprint density at radius 2 is 1.89 bits per heavy atom. The molecule has 0 amide bonds. The maximum Gasteiger partial charge on any atom is 0.321 e. The van der Waals surface area contributed by atoms with Crippen molar-refractivity contribution in [3.05, 3.63) is 29.8 Å². The van der Waals surface area contributed by atoms with Crippen molar-refractivity contribution in [3.63, 3.8) is 0 Å². The number of nitrogens with one attached hydrogen (secondary N) is 1. The van der Waals surface area contributed by atoms with Gasteiger partial charge in [-0.3, -0.25) is 14.9 Å². The summed E-state index contributed by atoms with van der Waals surface area (Å²) in [5.41, 5.74) is 0.777. The van der Waals surface area contributed by atoms with Crippen LogP contribution in [-0.4, -0.2) is 40.3 Å². The number of ketones is 1. The van der Waals surface area contributed by atoms with E-state index in [1.165, 1.54) is 12.1 Å². The molecule has 0 radical (unpaired) electrons. The Bertz CT molecular complexity index is 433. The second-order valence-electron chi connectivity index (χ2n) is 4.15. The molecule has 0 aliphatic heterocycles. The molecule has 6 heteroatoms. The van der Waals surface area contributed by atoms with E-state index in [1.807, 2.05) is 0 Å². The number of hydrogen-bond donors (Lipinski definition) is 4. The van der Waals surface area contributed by atoms with E-state index >= 15 is 0 Å². The zero-order valence-corrected chi connectivity index (χ0v) is 11.3. The fraction of sp³-hybridized carbons (Fsp3) is 0.385. The van der Waals surface area contributed by atoms with E-state index in [0.29, 0.717) is 12.2 Å². The standard InChI is InChI=1S/C13H17NO4S/c15-10-3-1-9(2-4-10)7-12(13(17)18)14-8-11(16)5-6-19/h1-4,12,14-15,19H,5-8H2,(H,17,18)/t12-/m0/s1. The van der Waals surface area contributed by atoms with Crippen LogP contribution < -0.4 is 5.32 Å². The first-order valence-electron chi connectivity index (χ1n) is 5.89. The second-order valence-corrected chi connectivity index (χ2v) is 4.60. The lowest BCUT2D eigenvalue weighted by molar-refractivity contribution is -0.139. The molecule has 0 fully saturated rings. The molecule has 104 valence electrons. The second kappa shape index (κ2) is 7.81. The minimum absolute atomic E-state index is 0.0234. The highest BCUT2D eigenvalue weighted by atomic mass is 32.1. The smallest absolute Gasteiger partial charge is 0.321 e. The van der Waals surface area contributed by atoms with Crippen LogP contribution in [0.25, 0.3) is 0 Å². The lowest BCUT2D eigenvalue weighted by Crippen LogP contribution is -2.41. The maximum atomic E-state index is 11.3. The lowest BCUT2D eigenvalue weighted by Gasteiger charge is -2.14. The van der Waals surface area contributed by atoms with Crippen LogP contribution in [0.3, 0.4) is 0 Å². The molecule has 0 unspecified atom stereocenters. The van der Waals surface area contributed by atoms with Crippen molar-refractivity contribution in [3.8, 4) is 5.75 Å². The van der Waals surface area contributed by atoms with E-state index < -0.39 is 12.0 Å². The van der Waals surface area contributed by atoms with E-state index in [-0.39, 0.29) is 24.5 Å². The Kier molecular flexibility index (Phi) is 6.38. The molecule has 3 N–H and O–H groups in total. The Balaban J connectivity index is 2.55. The van der Waals surface area contributed by atoms with Gasteiger partial charge in [-0.05, 0) is 29.9 Å². The van der Waals surface area contributed by atoms with Crippen molar-refractivity contribution >= 4 is 24.4 Å². The maximum absolute atomic E-state index is 11.3. The highest BCUT2D eigenvalue weighted by Gasteiger charge is 2.18. The topological polar surface area (TPSA) is 86.6 Å². The van der Waals surface area contributed by atoms with Gasteiger partial charge in [0.15, 0.2) is 0 Å². The van der Waals surface area contributed by atoms with E-state index in [2.05, 4.69) is 17.9 Å². The Hall–Kier alpha value is -1.53. The number of carboxylic acid groups (broad SMARTS) is 1. The van der Waals surface area contributed by atoms with E-state index in [9.17, 15) is 9.59 Å². The van der Waals surface area contributed by atoms with Crippen LogP contribution >= 0.6 is 12.6 Å². The molecule has 0 heterocycles. The first-order valence-corrected chi connectivity index (χ1v) is 6.53. The van der Waals surface area contributed by atoms with Crippen LogP contribution in [0.1, 0.15) is 12.0 Å². The third-order valence-corrected chi connectivity index (χ3v) is 2.83. The molecule has 0 aliphatic carbocycles. The molecule has 0 aromatic heterocycles. The molecule has 1 atom stereocenters. The lowest BCUT2D eigenvalue weighted by atomic mass is 10.1. The Morgan fingerprint density at radius 3 is 2.42 bits per heavy atom. The van der Waals surface area contributed by atoms with Crippen LogP contribution in [0.2, 0.25) is 0 Å². The van der Waals surface area contributed by atoms with Crippen molar-refractivity contribution in [2.45, 2.75) is 18.9 Å². The predicted molar refractivity (Wildman–Crippen MR) is 74.7 cm³/mol. The fourth-order valence-electron chi connectivity index (χ4n) is 1.56. The summed E-state index contributed by atoms with van der Waals surface area (Å²) >= 11 is 3.95. The SMILES string of the molecule is O=C(CCS)CN[C@@H](Cc1ccc(O)cc1)C(=O)O. The summed E-state index contributed by atoms with van der Waals surface area (Å²) in [6.07, 6.45) is 0.575. The van der Waals surface area contributed by atoms with E-state index in [0.717, 1.165) is 5.56 Å². The molecule has 19 heavy (non-hydrogen) atoms. The van der Waals surface area contributed by atoms with Gasteiger partial charge in [0.05, 0.1) is 6.54 Å². The van der Waals surface area contributed by atoms with Crippen molar-refractivity contribution in [2.24, 2.45) is 0 Å². The largest absolute Gasteiger partial charge is 0.508 e. The molecule has 5 nitrogen and oxygen atoms in total. The average molecular weight is 283 g/mol. The van der Waals surface area contributed by atoms with Gasteiger partial charge in [-0.1, -0.05) is 12.1 Å². The van der Waals surface area contributed by atoms with Crippen molar-refractivity contribution in [2.75, 3.05) is 12.3 Å². The number of phenols is 1. The number of Topliss-reactive ketones (excluding diaryl/α,β-unsaturated/α-hetero) is 1. The highest BCUT2D eigenvalue weighted by Crippen LogP contribution is 2.11. The van der Waals surface area contributed by atoms with Gasteiger partial charge in [0.1, 0.15) is 17.6 Å². The minimum atomic E-state index is -1.01. The number of aliphatic carboxylic acids is 1. The summed E-state index contributed by atoms with van der Waals surface area (Å²) in [5, 5.41) is 21.0. The quantitative estimate of drug-likeness (QED) is 0.532. The van der Waals surface area contributed by atoms with Gasteiger partial charge in [0, 0.05) is 6.42 Å². The molecule has 0 saturated heterocycles. The van der Waals surface area contributed by atoms with Gasteiger partial charge in [-0.15, -0.1) is 0 Å². The monoisotopic (exact) mass is 283 g/mol. The minimum Gasteiger partial charge on any atom is -0.508 e. The number of carbonyl (C=O) groups is 2. The number of phenolic OH excluding ortho intramolecular Hbond substituents is 1. The molecule has 0 bridgehead atoms. The molecule has 0 aliphatic rings. The summed E-state index contributed by atoms with van der Waals surface area (Å²) in [6.45, 7) is 0.0234. The number of aromatic hydroxyl groups is 1. The van der Waals surface area contributed by atoms with Gasteiger partial charge < -0.3 is 10.2 Å². The molecular formula is C13H17NO4S. The van der Waals surface area contributed by atoms with Crippen LogP contribution in [0.5, 0.6) is 5.75 Å². The molecule has 1 aromatic carbocycles. The zero-order valence-electron chi connectivity index (χ0n) is 10.4. The predicted octanol–water partition coefficient (Wildman–Crippen LogP) is 0.867. The summed E-state index contributed by atoms with van der Waals surface area (Å²) in [4.78, 5) is 22.4. The van der Waals surface area contributed by atoms with Gasteiger partial charge in [-0.2, -0.15) is 12.6 Å². The number of rotatable bonds is 8. The molecule has 0 spiro atoms. The molecule has 1 aromatic rings. The molecular weight excluding hydrogens is 266 g/mol. The number of hydrogen-bond acceptors (Lipinski definition) is 5. The summed E-state index contributed by atoms with van der Waals surface area (Å²) in [5.74, 6) is -0.484. The zero-order chi connectivity index (χ0) is 14.3. The van der Waals surface area contributed by atoms with E-state index in [1.54, 1.807) is 12.1 Å². The third kappa shape index (κ3) is 5.76. The van der Waals surface area contributed by atoms with Gasteiger partial charge in [0.25, 0.3) is 0 Å². The van der Waals surface area contributed by atoms with E-state index in [4.69, 9.17) is 10.2 Å². The van der Waals surface area contributed by atoms with Crippen LogP contribution in [0, 0.1) is 0 Å². The first-order chi connectivity index (χ1) is 9.02. The third-order valence-electron chi connectivity index (χ3n) is 2.61. The normalized spacial score (nSPS) is 12.1.